The Morgan fingerprint density at radius 2 is 2.06 bits per heavy atom. The Bertz CT molecular complexity index is 1130. The van der Waals surface area contributed by atoms with Crippen LogP contribution in [0.1, 0.15) is 16.8 Å². The van der Waals surface area contributed by atoms with E-state index in [2.05, 4.69) is 15.3 Å². The molecule has 0 bridgehead atoms. The molecule has 8 nitrogen and oxygen atoms in total. The van der Waals surface area contributed by atoms with E-state index in [0.29, 0.717) is 5.69 Å². The number of piperidine rings is 1. The van der Waals surface area contributed by atoms with Gasteiger partial charge in [-0.15, -0.1) is 0 Å². The molecule has 0 aromatic carbocycles. The monoisotopic (exact) mass is 438 g/mol. The summed E-state index contributed by atoms with van der Waals surface area (Å²) in [6, 6.07) is 1.84. The molecule has 1 fully saturated rings. The second-order valence-electron chi connectivity index (χ2n) is 7.33. The van der Waals surface area contributed by atoms with Crippen molar-refractivity contribution in [3.8, 4) is 0 Å². The fraction of sp³-hybridized carbons (Fsp3) is 0.316. The van der Waals surface area contributed by atoms with Gasteiger partial charge in [-0.2, -0.15) is 13.2 Å². The van der Waals surface area contributed by atoms with Crippen molar-refractivity contribution in [2.24, 2.45) is 11.7 Å². The Morgan fingerprint density at radius 1 is 1.29 bits per heavy atom. The van der Waals surface area contributed by atoms with E-state index < -0.39 is 29.9 Å². The van der Waals surface area contributed by atoms with Gasteiger partial charge in [0.15, 0.2) is 5.58 Å². The maximum Gasteiger partial charge on any atom is 0.393 e. The van der Waals surface area contributed by atoms with Crippen LogP contribution >= 0.6 is 0 Å². The van der Waals surface area contributed by atoms with Gasteiger partial charge in [0.25, 0.3) is 5.91 Å². The third-order valence-electron chi connectivity index (χ3n) is 5.08. The molecule has 3 aromatic heterocycles. The molecule has 12 heteroatoms. The van der Waals surface area contributed by atoms with Crippen molar-refractivity contribution < 1.29 is 26.8 Å². The Labute approximate surface area is 173 Å². The number of fused-ring (bicyclic) bond motifs is 1. The van der Waals surface area contributed by atoms with Gasteiger partial charge < -0.3 is 26.1 Å². The molecule has 31 heavy (non-hydrogen) atoms. The zero-order chi connectivity index (χ0) is 22.3. The molecule has 4 rings (SSSR count). The van der Waals surface area contributed by atoms with Crippen molar-refractivity contribution in [1.82, 2.24) is 9.97 Å². The smallest absolute Gasteiger partial charge is 0.393 e. The zero-order valence-electron chi connectivity index (χ0n) is 16.0. The predicted molar refractivity (Wildman–Crippen MR) is 105 cm³/mol. The maximum absolute atomic E-state index is 13.4. The van der Waals surface area contributed by atoms with Crippen LogP contribution in [0.4, 0.5) is 34.8 Å². The third-order valence-corrected chi connectivity index (χ3v) is 5.08. The molecule has 164 valence electrons. The molecule has 0 aliphatic carbocycles. The highest BCUT2D eigenvalue weighted by Gasteiger charge is 2.44. The average Bonchev–Trinajstić information content (AvgIpc) is 3.02. The molecule has 0 unspecified atom stereocenters. The summed E-state index contributed by atoms with van der Waals surface area (Å²) >= 11 is 0. The van der Waals surface area contributed by atoms with Gasteiger partial charge in [-0.3, -0.25) is 9.78 Å². The molecule has 4 heterocycles. The van der Waals surface area contributed by atoms with Gasteiger partial charge in [-0.05, 0) is 12.5 Å². The number of alkyl halides is 3. The van der Waals surface area contributed by atoms with E-state index in [1.165, 1.54) is 23.4 Å². The van der Waals surface area contributed by atoms with Crippen LogP contribution < -0.4 is 21.7 Å². The number of carbonyl (C=O) groups excluding carboxylic acids is 1. The number of hydrogen-bond donors (Lipinski definition) is 3. The molecular weight excluding hydrogens is 420 g/mol. The minimum Gasteiger partial charge on any atom is -0.438 e. The number of pyridine rings is 2. The molecule has 2 atom stereocenters. The molecule has 0 saturated carbocycles. The third kappa shape index (κ3) is 4.10. The van der Waals surface area contributed by atoms with Crippen LogP contribution in [0, 0.1) is 11.7 Å². The normalized spacial score (nSPS) is 19.6. The summed E-state index contributed by atoms with van der Waals surface area (Å²) in [5.41, 5.74) is 12.0. The summed E-state index contributed by atoms with van der Waals surface area (Å²) in [6.45, 7) is -0.126. The van der Waals surface area contributed by atoms with Gasteiger partial charge in [-0.1, -0.05) is 0 Å². The first-order valence-corrected chi connectivity index (χ1v) is 9.29. The van der Waals surface area contributed by atoms with Gasteiger partial charge in [0, 0.05) is 31.4 Å². The van der Waals surface area contributed by atoms with Gasteiger partial charge in [0.1, 0.15) is 16.9 Å². The van der Waals surface area contributed by atoms with E-state index >= 15 is 0 Å². The lowest BCUT2D eigenvalue weighted by Crippen LogP contribution is -2.51. The Hall–Kier alpha value is -3.41. The van der Waals surface area contributed by atoms with E-state index in [4.69, 9.17) is 15.9 Å². The van der Waals surface area contributed by atoms with Crippen LogP contribution in [-0.4, -0.2) is 41.2 Å². The van der Waals surface area contributed by atoms with Crippen molar-refractivity contribution >= 4 is 34.3 Å². The lowest BCUT2D eigenvalue weighted by atomic mass is 9.93. The van der Waals surface area contributed by atoms with Crippen LogP contribution in [-0.2, 0) is 0 Å². The summed E-state index contributed by atoms with van der Waals surface area (Å²) in [6.07, 6.45) is -0.943. The van der Waals surface area contributed by atoms with Crippen molar-refractivity contribution in [3.05, 3.63) is 42.1 Å². The van der Waals surface area contributed by atoms with Crippen LogP contribution in [0.3, 0.4) is 0 Å². The number of halogens is 4. The van der Waals surface area contributed by atoms with E-state index in [1.54, 1.807) is 0 Å². The van der Waals surface area contributed by atoms with Gasteiger partial charge in [0.2, 0.25) is 5.88 Å². The number of hydrogen-bond acceptors (Lipinski definition) is 7. The van der Waals surface area contributed by atoms with Crippen LogP contribution in [0.5, 0.6) is 0 Å². The molecule has 1 saturated heterocycles. The number of nitrogen functional groups attached to an aromatic ring is 1. The minimum absolute atomic E-state index is 0.0101. The number of nitrogens with one attached hydrogen (secondary N) is 1. The first-order valence-electron chi connectivity index (χ1n) is 9.29. The van der Waals surface area contributed by atoms with Crippen molar-refractivity contribution in [2.45, 2.75) is 18.6 Å². The Morgan fingerprint density at radius 3 is 2.81 bits per heavy atom. The van der Waals surface area contributed by atoms with Crippen molar-refractivity contribution in [3.63, 3.8) is 0 Å². The van der Waals surface area contributed by atoms with E-state index in [0.717, 1.165) is 12.3 Å². The molecule has 3 aromatic rings. The number of nitrogens with two attached hydrogens (primary N) is 2. The van der Waals surface area contributed by atoms with E-state index in [9.17, 15) is 22.4 Å². The predicted octanol–water partition coefficient (Wildman–Crippen LogP) is 2.91. The summed E-state index contributed by atoms with van der Waals surface area (Å²) in [5.74, 6) is -3.25. The molecule has 0 radical (unpaired) electrons. The summed E-state index contributed by atoms with van der Waals surface area (Å²) < 4.78 is 58.5. The zero-order valence-corrected chi connectivity index (χ0v) is 16.0. The molecule has 1 amide bonds. The quantitative estimate of drug-likeness (QED) is 0.537. The number of rotatable bonds is 3. The summed E-state index contributed by atoms with van der Waals surface area (Å²) in [4.78, 5) is 22.1. The molecule has 5 N–H and O–H groups in total. The maximum atomic E-state index is 13.4. The van der Waals surface area contributed by atoms with Crippen molar-refractivity contribution in [2.75, 3.05) is 29.0 Å². The van der Waals surface area contributed by atoms with Gasteiger partial charge in [0.05, 0.1) is 29.7 Å². The van der Waals surface area contributed by atoms with E-state index in [1.807, 2.05) is 0 Å². The average molecular weight is 438 g/mol. The molecular formula is C19H18F4N6O2. The van der Waals surface area contributed by atoms with Crippen LogP contribution in [0.2, 0.25) is 0 Å². The van der Waals surface area contributed by atoms with Crippen LogP contribution in [0.15, 0.2) is 35.1 Å². The van der Waals surface area contributed by atoms with Gasteiger partial charge >= 0.3 is 6.18 Å². The lowest BCUT2D eigenvalue weighted by molar-refractivity contribution is -0.177. The van der Waals surface area contributed by atoms with Gasteiger partial charge in [-0.25, -0.2) is 9.37 Å². The standard InChI is InChI=1S/C19H18F4N6O2/c20-10-4-14-16(27-5-10)15(17(25)31-14)18(30)28-12-6-26-2-1-13(12)29-7-9(19(21,22)23)3-11(24)8-29/h1-2,4-6,9,11H,3,7-8,24-25H2,(H,28,30)/t9-,11+/m0/s1. The fourth-order valence-corrected chi connectivity index (χ4v) is 3.71. The Balaban J connectivity index is 1.64. The SMILES string of the molecule is Nc1oc2cc(F)cnc2c1C(=O)Nc1cnccc1N1C[C@H](N)C[C@H](C(F)(F)F)C1. The summed E-state index contributed by atoms with van der Waals surface area (Å²) in [7, 11) is 0. The number of anilines is 3. The highest BCUT2D eigenvalue weighted by Crippen LogP contribution is 2.37. The second kappa shape index (κ2) is 7.69. The highest BCUT2D eigenvalue weighted by atomic mass is 19.4. The molecule has 1 aliphatic rings. The first-order chi connectivity index (χ1) is 14.6. The lowest BCUT2D eigenvalue weighted by Gasteiger charge is -2.39. The fourth-order valence-electron chi connectivity index (χ4n) is 3.71. The second-order valence-corrected chi connectivity index (χ2v) is 7.33. The van der Waals surface area contributed by atoms with Crippen molar-refractivity contribution in [1.29, 1.82) is 0 Å². The first kappa shape index (κ1) is 20.8. The topological polar surface area (TPSA) is 123 Å². The summed E-state index contributed by atoms with van der Waals surface area (Å²) in [5, 5.41) is 2.59. The Kier molecular flexibility index (Phi) is 5.17. The molecule has 0 spiro atoms. The number of furan rings is 1. The number of aromatic nitrogens is 2. The van der Waals surface area contributed by atoms with Crippen LogP contribution in [0.25, 0.3) is 11.1 Å². The minimum atomic E-state index is -4.39. The highest BCUT2D eigenvalue weighted by molar-refractivity contribution is 6.15. The number of amides is 1. The number of nitrogens with zero attached hydrogens (tertiary/aromatic N) is 3. The number of carbonyl (C=O) groups is 1. The van der Waals surface area contributed by atoms with E-state index in [-0.39, 0.29) is 47.7 Å². The largest absolute Gasteiger partial charge is 0.438 e. The molecule has 1 aliphatic heterocycles.